The average Bonchev–Trinajstić information content (AvgIpc) is 3.28. The Morgan fingerprint density at radius 3 is 2.55 bits per heavy atom. The first-order chi connectivity index (χ1) is 10.6. The fraction of sp³-hybridized carbons (Fsp3) is 0.474. The van der Waals surface area contributed by atoms with Crippen molar-refractivity contribution in [3.05, 3.63) is 48.2 Å². The van der Waals surface area contributed by atoms with E-state index in [1.54, 1.807) is 0 Å². The molecule has 0 spiro atoms. The first kappa shape index (κ1) is 15.3. The summed E-state index contributed by atoms with van der Waals surface area (Å²) in [5, 5.41) is 3.59. The highest BCUT2D eigenvalue weighted by atomic mass is 16.3. The molecule has 2 atom stereocenters. The average molecular weight is 298 g/mol. The molecule has 0 radical (unpaired) electrons. The van der Waals surface area contributed by atoms with Crippen molar-refractivity contribution in [2.75, 3.05) is 13.6 Å². The molecule has 1 heterocycles. The SMILES string of the molecule is CC(NCC(C)N(C)C1CC1)c1ccc(-c2ccccc2)o1. The fourth-order valence-corrected chi connectivity index (χ4v) is 2.78. The van der Waals surface area contributed by atoms with Crippen molar-refractivity contribution in [3.8, 4) is 11.3 Å². The lowest BCUT2D eigenvalue weighted by Crippen LogP contribution is -2.39. The number of likely N-dealkylation sites (N-methyl/N-ethyl adjacent to an activating group) is 1. The van der Waals surface area contributed by atoms with Crippen LogP contribution >= 0.6 is 0 Å². The Labute approximate surface area is 133 Å². The van der Waals surface area contributed by atoms with Crippen LogP contribution in [0.15, 0.2) is 46.9 Å². The quantitative estimate of drug-likeness (QED) is 0.835. The highest BCUT2D eigenvalue weighted by molar-refractivity contribution is 5.57. The molecule has 1 saturated carbocycles. The summed E-state index contributed by atoms with van der Waals surface area (Å²) in [4.78, 5) is 2.48. The van der Waals surface area contributed by atoms with Gasteiger partial charge in [-0.1, -0.05) is 30.3 Å². The van der Waals surface area contributed by atoms with Crippen LogP contribution in [0.1, 0.15) is 38.5 Å². The molecule has 3 nitrogen and oxygen atoms in total. The Hall–Kier alpha value is -1.58. The van der Waals surface area contributed by atoms with Crippen molar-refractivity contribution >= 4 is 0 Å². The topological polar surface area (TPSA) is 28.4 Å². The van der Waals surface area contributed by atoms with E-state index < -0.39 is 0 Å². The Bertz CT molecular complexity index is 588. The van der Waals surface area contributed by atoms with Gasteiger partial charge in [0.25, 0.3) is 0 Å². The maximum absolute atomic E-state index is 6.01. The molecular formula is C19H26N2O. The van der Waals surface area contributed by atoms with Gasteiger partial charge in [0.2, 0.25) is 0 Å². The molecule has 2 unspecified atom stereocenters. The van der Waals surface area contributed by atoms with E-state index in [4.69, 9.17) is 4.42 Å². The number of benzene rings is 1. The van der Waals surface area contributed by atoms with Gasteiger partial charge in [0.05, 0.1) is 6.04 Å². The molecule has 1 aromatic heterocycles. The molecule has 0 aliphatic heterocycles. The van der Waals surface area contributed by atoms with Crippen LogP contribution in [0.5, 0.6) is 0 Å². The predicted molar refractivity (Wildman–Crippen MR) is 90.8 cm³/mol. The summed E-state index contributed by atoms with van der Waals surface area (Å²) < 4.78 is 6.01. The molecule has 0 amide bonds. The second-order valence-corrected chi connectivity index (χ2v) is 6.44. The van der Waals surface area contributed by atoms with Crippen molar-refractivity contribution < 1.29 is 4.42 Å². The van der Waals surface area contributed by atoms with Crippen LogP contribution in [0.3, 0.4) is 0 Å². The summed E-state index contributed by atoms with van der Waals surface area (Å²) in [6.07, 6.45) is 2.71. The molecule has 22 heavy (non-hydrogen) atoms. The molecule has 2 aromatic rings. The van der Waals surface area contributed by atoms with Gasteiger partial charge in [0.1, 0.15) is 11.5 Å². The van der Waals surface area contributed by atoms with Gasteiger partial charge in [0, 0.05) is 24.2 Å². The number of rotatable bonds is 7. The van der Waals surface area contributed by atoms with Gasteiger partial charge in [-0.2, -0.15) is 0 Å². The number of nitrogens with one attached hydrogen (secondary N) is 1. The standard InChI is InChI=1S/C19H26N2O/c1-14(21(3)17-9-10-17)13-20-15(2)18-11-12-19(22-18)16-7-5-4-6-8-16/h4-8,11-12,14-15,17,20H,9-10,13H2,1-3H3. The van der Waals surface area contributed by atoms with Gasteiger partial charge in [-0.05, 0) is 45.9 Å². The molecule has 118 valence electrons. The third-order valence-electron chi connectivity index (χ3n) is 4.65. The van der Waals surface area contributed by atoms with Gasteiger partial charge in [-0.3, -0.25) is 4.90 Å². The van der Waals surface area contributed by atoms with Crippen LogP contribution in [0, 0.1) is 0 Å². The van der Waals surface area contributed by atoms with E-state index in [1.807, 2.05) is 18.2 Å². The lowest BCUT2D eigenvalue weighted by Gasteiger charge is -2.26. The highest BCUT2D eigenvalue weighted by Crippen LogP contribution is 2.27. The van der Waals surface area contributed by atoms with E-state index in [2.05, 4.69) is 55.4 Å². The molecule has 1 N–H and O–H groups in total. The third kappa shape index (κ3) is 3.60. The van der Waals surface area contributed by atoms with Crippen LogP contribution in [-0.2, 0) is 0 Å². The molecule has 1 aromatic carbocycles. The Kier molecular flexibility index (Phi) is 4.65. The highest BCUT2D eigenvalue weighted by Gasteiger charge is 2.29. The Morgan fingerprint density at radius 1 is 1.14 bits per heavy atom. The number of hydrogen-bond acceptors (Lipinski definition) is 3. The smallest absolute Gasteiger partial charge is 0.134 e. The monoisotopic (exact) mass is 298 g/mol. The fourth-order valence-electron chi connectivity index (χ4n) is 2.78. The van der Waals surface area contributed by atoms with Crippen molar-refractivity contribution in [3.63, 3.8) is 0 Å². The van der Waals surface area contributed by atoms with Crippen LogP contribution in [0.2, 0.25) is 0 Å². The maximum Gasteiger partial charge on any atom is 0.134 e. The van der Waals surface area contributed by atoms with E-state index in [0.29, 0.717) is 6.04 Å². The van der Waals surface area contributed by atoms with Gasteiger partial charge in [0.15, 0.2) is 0 Å². The largest absolute Gasteiger partial charge is 0.459 e. The van der Waals surface area contributed by atoms with Crippen molar-refractivity contribution in [1.82, 2.24) is 10.2 Å². The summed E-state index contributed by atoms with van der Waals surface area (Å²) in [7, 11) is 2.23. The first-order valence-electron chi connectivity index (χ1n) is 8.25. The number of nitrogens with zero attached hydrogens (tertiary/aromatic N) is 1. The van der Waals surface area contributed by atoms with Crippen LogP contribution in [-0.4, -0.2) is 30.6 Å². The van der Waals surface area contributed by atoms with Gasteiger partial charge >= 0.3 is 0 Å². The van der Waals surface area contributed by atoms with E-state index in [9.17, 15) is 0 Å². The second kappa shape index (κ2) is 6.67. The minimum Gasteiger partial charge on any atom is -0.459 e. The van der Waals surface area contributed by atoms with Crippen LogP contribution in [0.4, 0.5) is 0 Å². The lowest BCUT2D eigenvalue weighted by atomic mass is 10.2. The van der Waals surface area contributed by atoms with Crippen molar-refractivity contribution in [2.45, 2.75) is 44.8 Å². The van der Waals surface area contributed by atoms with Gasteiger partial charge in [-0.15, -0.1) is 0 Å². The van der Waals surface area contributed by atoms with Crippen molar-refractivity contribution in [1.29, 1.82) is 0 Å². The van der Waals surface area contributed by atoms with Crippen LogP contribution in [0.25, 0.3) is 11.3 Å². The predicted octanol–water partition coefficient (Wildman–Crippen LogP) is 4.08. The molecule has 0 saturated heterocycles. The minimum absolute atomic E-state index is 0.229. The Morgan fingerprint density at radius 2 is 1.86 bits per heavy atom. The maximum atomic E-state index is 6.01. The summed E-state index contributed by atoms with van der Waals surface area (Å²) in [5.74, 6) is 1.94. The van der Waals surface area contributed by atoms with E-state index in [1.165, 1.54) is 12.8 Å². The molecule has 3 rings (SSSR count). The molecule has 1 fully saturated rings. The summed E-state index contributed by atoms with van der Waals surface area (Å²) in [6, 6.07) is 16.0. The molecule has 0 bridgehead atoms. The lowest BCUT2D eigenvalue weighted by molar-refractivity contribution is 0.234. The first-order valence-corrected chi connectivity index (χ1v) is 8.25. The Balaban J connectivity index is 1.56. The zero-order valence-corrected chi connectivity index (χ0v) is 13.8. The van der Waals surface area contributed by atoms with Crippen molar-refractivity contribution in [2.24, 2.45) is 0 Å². The molecular weight excluding hydrogens is 272 g/mol. The zero-order chi connectivity index (χ0) is 15.5. The normalized spacial score (nSPS) is 17.6. The number of furan rings is 1. The second-order valence-electron chi connectivity index (χ2n) is 6.44. The van der Waals surface area contributed by atoms with Crippen LogP contribution < -0.4 is 5.32 Å². The number of hydrogen-bond donors (Lipinski definition) is 1. The van der Waals surface area contributed by atoms with Gasteiger partial charge in [-0.25, -0.2) is 0 Å². The summed E-state index contributed by atoms with van der Waals surface area (Å²) in [6.45, 7) is 5.43. The minimum atomic E-state index is 0.229. The summed E-state index contributed by atoms with van der Waals surface area (Å²) >= 11 is 0. The summed E-state index contributed by atoms with van der Waals surface area (Å²) in [5.41, 5.74) is 1.13. The van der Waals surface area contributed by atoms with E-state index in [0.717, 1.165) is 29.7 Å². The third-order valence-corrected chi connectivity index (χ3v) is 4.65. The molecule has 1 aliphatic carbocycles. The zero-order valence-electron chi connectivity index (χ0n) is 13.8. The molecule has 1 aliphatic rings. The van der Waals surface area contributed by atoms with E-state index >= 15 is 0 Å². The van der Waals surface area contributed by atoms with Gasteiger partial charge < -0.3 is 9.73 Å². The molecule has 3 heteroatoms. The van der Waals surface area contributed by atoms with E-state index in [-0.39, 0.29) is 6.04 Å².